The molecule has 0 radical (unpaired) electrons. The highest BCUT2D eigenvalue weighted by Gasteiger charge is 2.27. The van der Waals surface area contributed by atoms with Gasteiger partial charge in [0.1, 0.15) is 6.54 Å². The van der Waals surface area contributed by atoms with E-state index in [9.17, 15) is 9.59 Å². The number of carbonyl (C=O) groups is 2. The monoisotopic (exact) mass is 328 g/mol. The maximum Gasteiger partial charge on any atom is 0.305 e. The highest BCUT2D eigenvalue weighted by atomic mass is 16.4. The second kappa shape index (κ2) is 6.82. The molecule has 126 valence electrons. The molecule has 1 aliphatic carbocycles. The predicted molar refractivity (Wildman–Crippen MR) is 86.3 cm³/mol. The molecule has 0 aliphatic heterocycles. The fraction of sp³-hybridized carbons (Fsp3) is 0.412. The smallest absolute Gasteiger partial charge is 0.305 e. The number of aromatic nitrogens is 3. The summed E-state index contributed by atoms with van der Waals surface area (Å²) in [4.78, 5) is 23.4. The summed E-state index contributed by atoms with van der Waals surface area (Å²) >= 11 is 0. The van der Waals surface area contributed by atoms with Gasteiger partial charge in [0.15, 0.2) is 0 Å². The molecule has 1 fully saturated rings. The largest absolute Gasteiger partial charge is 0.481 e. The van der Waals surface area contributed by atoms with Crippen molar-refractivity contribution in [2.45, 2.75) is 44.7 Å². The van der Waals surface area contributed by atoms with Gasteiger partial charge in [-0.15, -0.1) is 5.10 Å². The van der Waals surface area contributed by atoms with E-state index in [0.29, 0.717) is 5.92 Å². The molecule has 2 N–H and O–H groups in total. The minimum absolute atomic E-state index is 0.0295. The number of aryl methyl sites for hydroxylation is 1. The first kappa shape index (κ1) is 16.2. The van der Waals surface area contributed by atoms with E-state index in [1.54, 1.807) is 6.20 Å². The number of nitrogens with one attached hydrogen (secondary N) is 1. The average Bonchev–Trinajstić information content (AvgIpc) is 3.27. The molecule has 0 saturated heterocycles. The summed E-state index contributed by atoms with van der Waals surface area (Å²) in [6, 6.07) is 6.89. The topological polar surface area (TPSA) is 97.1 Å². The number of benzene rings is 1. The molecule has 1 atom stereocenters. The van der Waals surface area contributed by atoms with Gasteiger partial charge < -0.3 is 10.4 Å². The van der Waals surface area contributed by atoms with Crippen molar-refractivity contribution in [1.82, 2.24) is 20.3 Å². The normalized spacial score (nSPS) is 15.0. The zero-order valence-corrected chi connectivity index (χ0v) is 13.5. The molecule has 3 rings (SSSR count). The second-order valence-corrected chi connectivity index (χ2v) is 6.19. The third-order valence-electron chi connectivity index (χ3n) is 4.14. The molecule has 0 unspecified atom stereocenters. The van der Waals surface area contributed by atoms with E-state index < -0.39 is 12.0 Å². The molecule has 7 heteroatoms. The maximum atomic E-state index is 12.3. The van der Waals surface area contributed by atoms with Gasteiger partial charge in [0.25, 0.3) is 0 Å². The van der Waals surface area contributed by atoms with Gasteiger partial charge in [-0.05, 0) is 30.9 Å². The molecule has 1 aliphatic rings. The summed E-state index contributed by atoms with van der Waals surface area (Å²) in [5.41, 5.74) is 2.68. The van der Waals surface area contributed by atoms with Crippen LogP contribution in [0.4, 0.5) is 0 Å². The first-order valence-corrected chi connectivity index (χ1v) is 7.99. The minimum atomic E-state index is -0.958. The first-order valence-electron chi connectivity index (χ1n) is 7.99. The third-order valence-corrected chi connectivity index (χ3v) is 4.14. The van der Waals surface area contributed by atoms with E-state index >= 15 is 0 Å². The van der Waals surface area contributed by atoms with E-state index in [1.807, 2.05) is 31.2 Å². The van der Waals surface area contributed by atoms with Gasteiger partial charge in [0.2, 0.25) is 5.91 Å². The molecular formula is C17H20N4O3. The Morgan fingerprint density at radius 3 is 2.79 bits per heavy atom. The summed E-state index contributed by atoms with van der Waals surface area (Å²) in [6.07, 6.45) is 3.87. The zero-order valence-electron chi connectivity index (χ0n) is 13.5. The lowest BCUT2D eigenvalue weighted by atomic mass is 9.99. The summed E-state index contributed by atoms with van der Waals surface area (Å²) < 4.78 is 1.50. The summed E-state index contributed by atoms with van der Waals surface area (Å²) in [7, 11) is 0. The number of carbonyl (C=O) groups excluding carboxylic acids is 1. The van der Waals surface area contributed by atoms with E-state index in [4.69, 9.17) is 5.11 Å². The van der Waals surface area contributed by atoms with Crippen LogP contribution in [0, 0.1) is 6.92 Å². The van der Waals surface area contributed by atoms with Crippen molar-refractivity contribution in [3.63, 3.8) is 0 Å². The van der Waals surface area contributed by atoms with Crippen molar-refractivity contribution in [2.75, 3.05) is 0 Å². The van der Waals surface area contributed by atoms with Crippen LogP contribution in [0.3, 0.4) is 0 Å². The Morgan fingerprint density at radius 1 is 1.38 bits per heavy atom. The van der Waals surface area contributed by atoms with Crippen molar-refractivity contribution in [3.05, 3.63) is 47.3 Å². The first-order chi connectivity index (χ1) is 11.5. The third kappa shape index (κ3) is 3.98. The maximum absolute atomic E-state index is 12.3. The number of rotatable bonds is 7. The molecule has 1 saturated carbocycles. The molecule has 1 amide bonds. The highest BCUT2D eigenvalue weighted by Crippen LogP contribution is 2.38. The van der Waals surface area contributed by atoms with Gasteiger partial charge in [-0.1, -0.05) is 29.5 Å². The molecule has 0 bridgehead atoms. The van der Waals surface area contributed by atoms with E-state index in [0.717, 1.165) is 29.7 Å². The molecule has 2 aromatic rings. The number of hydrogen-bond donors (Lipinski definition) is 2. The zero-order chi connectivity index (χ0) is 17.1. The van der Waals surface area contributed by atoms with Crippen molar-refractivity contribution in [2.24, 2.45) is 0 Å². The highest BCUT2D eigenvalue weighted by molar-refractivity contribution is 5.77. The fourth-order valence-electron chi connectivity index (χ4n) is 2.74. The lowest BCUT2D eigenvalue weighted by molar-refractivity contribution is -0.137. The van der Waals surface area contributed by atoms with Crippen LogP contribution in [0.5, 0.6) is 0 Å². The van der Waals surface area contributed by atoms with Crippen LogP contribution in [0.1, 0.15) is 48.0 Å². The SMILES string of the molecule is Cc1ccccc1[C@H](CC(=O)O)NC(=O)Cn1cc(C2CC2)nn1. The van der Waals surface area contributed by atoms with Gasteiger partial charge >= 0.3 is 5.97 Å². The Kier molecular flexibility index (Phi) is 4.59. The van der Waals surface area contributed by atoms with Crippen LogP contribution < -0.4 is 5.32 Å². The van der Waals surface area contributed by atoms with E-state index in [-0.39, 0.29) is 18.9 Å². The molecule has 1 aromatic heterocycles. The average molecular weight is 328 g/mol. The standard InChI is InChI=1S/C17H20N4O3/c1-11-4-2-3-5-13(11)14(8-17(23)24)18-16(22)10-21-9-15(19-20-21)12-6-7-12/h2-5,9,12,14H,6-8,10H2,1H3,(H,18,22)(H,23,24)/t14-/m0/s1. The van der Waals surface area contributed by atoms with Crippen LogP contribution in [-0.2, 0) is 16.1 Å². The Labute approximate surface area is 139 Å². The summed E-state index contributed by atoms with van der Waals surface area (Å²) in [6.45, 7) is 1.93. The lowest BCUT2D eigenvalue weighted by Crippen LogP contribution is -2.33. The Bertz CT molecular complexity index is 752. The number of carboxylic acid groups (broad SMARTS) is 1. The van der Waals surface area contributed by atoms with Gasteiger partial charge in [-0.25, -0.2) is 4.68 Å². The number of amides is 1. The van der Waals surface area contributed by atoms with Crippen molar-refractivity contribution in [1.29, 1.82) is 0 Å². The van der Waals surface area contributed by atoms with Gasteiger partial charge in [0.05, 0.1) is 18.2 Å². The second-order valence-electron chi connectivity index (χ2n) is 6.19. The van der Waals surface area contributed by atoms with Crippen molar-refractivity contribution in [3.8, 4) is 0 Å². The van der Waals surface area contributed by atoms with E-state index in [1.165, 1.54) is 4.68 Å². The fourth-order valence-corrected chi connectivity index (χ4v) is 2.74. The van der Waals surface area contributed by atoms with Crippen LogP contribution in [0.25, 0.3) is 0 Å². The quantitative estimate of drug-likeness (QED) is 0.808. The molecule has 1 heterocycles. The van der Waals surface area contributed by atoms with Crippen molar-refractivity contribution >= 4 is 11.9 Å². The van der Waals surface area contributed by atoms with Crippen LogP contribution in [-0.4, -0.2) is 32.0 Å². The summed E-state index contributed by atoms with van der Waals surface area (Å²) in [5, 5.41) is 20.0. The Hall–Kier alpha value is -2.70. The predicted octanol–water partition coefficient (Wildman–Crippen LogP) is 1.80. The van der Waals surface area contributed by atoms with Crippen LogP contribution in [0.15, 0.2) is 30.5 Å². The van der Waals surface area contributed by atoms with Gasteiger partial charge in [-0.2, -0.15) is 0 Å². The lowest BCUT2D eigenvalue weighted by Gasteiger charge is -2.19. The molecule has 24 heavy (non-hydrogen) atoms. The number of hydrogen-bond acceptors (Lipinski definition) is 4. The number of aliphatic carboxylic acids is 1. The molecule has 0 spiro atoms. The molecule has 1 aromatic carbocycles. The van der Waals surface area contributed by atoms with E-state index in [2.05, 4.69) is 15.6 Å². The van der Waals surface area contributed by atoms with Crippen molar-refractivity contribution < 1.29 is 14.7 Å². The Morgan fingerprint density at radius 2 is 2.12 bits per heavy atom. The number of carboxylic acids is 1. The van der Waals surface area contributed by atoms with Gasteiger partial charge in [0, 0.05) is 12.1 Å². The van der Waals surface area contributed by atoms with Gasteiger partial charge in [-0.3, -0.25) is 9.59 Å². The molecular weight excluding hydrogens is 308 g/mol. The summed E-state index contributed by atoms with van der Waals surface area (Å²) in [5.74, 6) is -0.759. The number of nitrogens with zero attached hydrogens (tertiary/aromatic N) is 3. The van der Waals surface area contributed by atoms with Crippen LogP contribution in [0.2, 0.25) is 0 Å². The minimum Gasteiger partial charge on any atom is -0.481 e. The Balaban J connectivity index is 1.68. The van der Waals surface area contributed by atoms with Crippen LogP contribution >= 0.6 is 0 Å². The molecule has 7 nitrogen and oxygen atoms in total.